The van der Waals surface area contributed by atoms with Crippen LogP contribution >= 0.6 is 0 Å². The molecule has 0 bridgehead atoms. The first-order valence-electron chi connectivity index (χ1n) is 10.8. The standard InChI is InChI=1S/C24H28N4O4/c1-4-31-21-10-7-19(15-17(21)2)24(29)28-13-11-27(12-14-28)16-22-25-23(26-32-22)18-5-8-20(30-3)9-6-18/h5-10,15H,4,11-14,16H2,1-3H3. The Hall–Kier alpha value is -3.39. The summed E-state index contributed by atoms with van der Waals surface area (Å²) in [6.07, 6.45) is 0. The van der Waals surface area contributed by atoms with Crippen LogP contribution in [0.25, 0.3) is 11.4 Å². The van der Waals surface area contributed by atoms with Crippen LogP contribution in [0.3, 0.4) is 0 Å². The van der Waals surface area contributed by atoms with E-state index in [1.54, 1.807) is 7.11 Å². The van der Waals surface area contributed by atoms with E-state index in [1.807, 2.05) is 61.2 Å². The van der Waals surface area contributed by atoms with E-state index in [1.165, 1.54) is 0 Å². The molecule has 32 heavy (non-hydrogen) atoms. The predicted octanol–water partition coefficient (Wildman–Crippen LogP) is 3.41. The second-order valence-corrected chi connectivity index (χ2v) is 7.72. The zero-order valence-corrected chi connectivity index (χ0v) is 18.7. The Balaban J connectivity index is 1.32. The number of hydrogen-bond donors (Lipinski definition) is 0. The highest BCUT2D eigenvalue weighted by Gasteiger charge is 2.24. The van der Waals surface area contributed by atoms with Gasteiger partial charge in [-0.2, -0.15) is 4.98 Å². The predicted molar refractivity (Wildman–Crippen MR) is 120 cm³/mol. The summed E-state index contributed by atoms with van der Waals surface area (Å²) < 4.78 is 16.2. The summed E-state index contributed by atoms with van der Waals surface area (Å²) >= 11 is 0. The molecule has 2 heterocycles. The van der Waals surface area contributed by atoms with E-state index < -0.39 is 0 Å². The number of rotatable bonds is 7. The normalized spacial score (nSPS) is 14.4. The summed E-state index contributed by atoms with van der Waals surface area (Å²) in [4.78, 5) is 21.5. The average molecular weight is 437 g/mol. The molecule has 1 aromatic heterocycles. The lowest BCUT2D eigenvalue weighted by Gasteiger charge is -2.34. The van der Waals surface area contributed by atoms with Gasteiger partial charge < -0.3 is 18.9 Å². The molecule has 4 rings (SSSR count). The van der Waals surface area contributed by atoms with E-state index in [-0.39, 0.29) is 5.91 Å². The number of carbonyl (C=O) groups excluding carboxylic acids is 1. The van der Waals surface area contributed by atoms with Crippen molar-refractivity contribution >= 4 is 5.91 Å². The number of aryl methyl sites for hydroxylation is 1. The molecule has 0 spiro atoms. The van der Waals surface area contributed by atoms with Gasteiger partial charge in [0.15, 0.2) is 0 Å². The van der Waals surface area contributed by atoms with Gasteiger partial charge in [-0.15, -0.1) is 0 Å². The first kappa shape index (κ1) is 21.8. The topological polar surface area (TPSA) is 80.9 Å². The Labute approximate surface area is 187 Å². The number of methoxy groups -OCH3 is 1. The van der Waals surface area contributed by atoms with Crippen LogP contribution in [0, 0.1) is 6.92 Å². The average Bonchev–Trinajstić information content (AvgIpc) is 3.29. The Kier molecular flexibility index (Phi) is 6.70. The number of aromatic nitrogens is 2. The summed E-state index contributed by atoms with van der Waals surface area (Å²) in [5.41, 5.74) is 2.54. The molecule has 8 heteroatoms. The third-order valence-electron chi connectivity index (χ3n) is 5.56. The van der Waals surface area contributed by atoms with Gasteiger partial charge in [-0.25, -0.2) is 0 Å². The van der Waals surface area contributed by atoms with E-state index >= 15 is 0 Å². The lowest BCUT2D eigenvalue weighted by Crippen LogP contribution is -2.48. The molecule has 1 aliphatic heterocycles. The SMILES string of the molecule is CCOc1ccc(C(=O)N2CCN(Cc3nc(-c4ccc(OC)cc4)no3)CC2)cc1C. The fourth-order valence-corrected chi connectivity index (χ4v) is 3.76. The minimum atomic E-state index is 0.0513. The van der Waals surface area contributed by atoms with E-state index in [0.29, 0.717) is 43.5 Å². The largest absolute Gasteiger partial charge is 0.497 e. The molecule has 0 aliphatic carbocycles. The first-order valence-corrected chi connectivity index (χ1v) is 10.8. The Bertz CT molecular complexity index is 1060. The number of hydrogen-bond acceptors (Lipinski definition) is 7. The number of nitrogens with zero attached hydrogens (tertiary/aromatic N) is 4. The highest BCUT2D eigenvalue weighted by molar-refractivity contribution is 5.94. The van der Waals surface area contributed by atoms with Crippen molar-refractivity contribution in [2.45, 2.75) is 20.4 Å². The van der Waals surface area contributed by atoms with E-state index in [0.717, 1.165) is 35.7 Å². The summed E-state index contributed by atoms with van der Waals surface area (Å²) in [5, 5.41) is 4.09. The maximum absolute atomic E-state index is 12.9. The van der Waals surface area contributed by atoms with Crippen LogP contribution in [0.1, 0.15) is 28.7 Å². The maximum atomic E-state index is 12.9. The highest BCUT2D eigenvalue weighted by atomic mass is 16.5. The molecule has 0 saturated carbocycles. The molecule has 8 nitrogen and oxygen atoms in total. The Morgan fingerprint density at radius 1 is 1.09 bits per heavy atom. The zero-order chi connectivity index (χ0) is 22.5. The molecule has 1 fully saturated rings. The van der Waals surface area contributed by atoms with Gasteiger partial charge in [0.25, 0.3) is 5.91 Å². The minimum Gasteiger partial charge on any atom is -0.497 e. The van der Waals surface area contributed by atoms with Crippen LogP contribution in [0.15, 0.2) is 47.0 Å². The van der Waals surface area contributed by atoms with Crippen LogP contribution in [-0.4, -0.2) is 65.7 Å². The van der Waals surface area contributed by atoms with Gasteiger partial charge in [-0.05, 0) is 61.9 Å². The molecule has 0 N–H and O–H groups in total. The van der Waals surface area contributed by atoms with Crippen molar-refractivity contribution in [3.63, 3.8) is 0 Å². The lowest BCUT2D eigenvalue weighted by molar-refractivity contribution is 0.0615. The summed E-state index contributed by atoms with van der Waals surface area (Å²) in [6.45, 7) is 7.90. The van der Waals surface area contributed by atoms with E-state index in [2.05, 4.69) is 15.0 Å². The minimum absolute atomic E-state index is 0.0513. The number of ether oxygens (including phenoxy) is 2. The highest BCUT2D eigenvalue weighted by Crippen LogP contribution is 2.22. The Morgan fingerprint density at radius 3 is 2.50 bits per heavy atom. The molecule has 0 atom stereocenters. The third-order valence-corrected chi connectivity index (χ3v) is 5.56. The number of carbonyl (C=O) groups is 1. The van der Waals surface area contributed by atoms with Gasteiger partial charge in [0.2, 0.25) is 11.7 Å². The Morgan fingerprint density at radius 2 is 1.84 bits per heavy atom. The zero-order valence-electron chi connectivity index (χ0n) is 18.7. The van der Waals surface area contributed by atoms with Crippen molar-refractivity contribution in [1.82, 2.24) is 19.9 Å². The molecule has 168 valence electrons. The fraction of sp³-hybridized carbons (Fsp3) is 0.375. The second-order valence-electron chi connectivity index (χ2n) is 7.72. The molecule has 0 unspecified atom stereocenters. The smallest absolute Gasteiger partial charge is 0.253 e. The van der Waals surface area contributed by atoms with Gasteiger partial charge in [0, 0.05) is 37.3 Å². The van der Waals surface area contributed by atoms with Crippen LogP contribution < -0.4 is 9.47 Å². The van der Waals surface area contributed by atoms with Gasteiger partial charge in [0.05, 0.1) is 20.3 Å². The molecular formula is C24H28N4O4. The fourth-order valence-electron chi connectivity index (χ4n) is 3.76. The third kappa shape index (κ3) is 4.91. The van der Waals surface area contributed by atoms with Crippen LogP contribution in [0.5, 0.6) is 11.5 Å². The van der Waals surface area contributed by atoms with Crippen LogP contribution in [-0.2, 0) is 6.54 Å². The molecule has 2 aromatic carbocycles. The van der Waals surface area contributed by atoms with Crippen molar-refractivity contribution in [1.29, 1.82) is 0 Å². The quantitative estimate of drug-likeness (QED) is 0.561. The number of piperazine rings is 1. The van der Waals surface area contributed by atoms with Crippen molar-refractivity contribution in [3.05, 3.63) is 59.5 Å². The van der Waals surface area contributed by atoms with E-state index in [9.17, 15) is 4.79 Å². The van der Waals surface area contributed by atoms with Crippen LogP contribution in [0.2, 0.25) is 0 Å². The maximum Gasteiger partial charge on any atom is 0.253 e. The van der Waals surface area contributed by atoms with Gasteiger partial charge >= 0.3 is 0 Å². The number of amides is 1. The molecule has 3 aromatic rings. The lowest BCUT2D eigenvalue weighted by atomic mass is 10.1. The summed E-state index contributed by atoms with van der Waals surface area (Å²) in [7, 11) is 1.63. The van der Waals surface area contributed by atoms with Gasteiger partial charge in [-0.1, -0.05) is 5.16 Å². The molecule has 1 aliphatic rings. The van der Waals surface area contributed by atoms with Crippen molar-refractivity contribution in [2.75, 3.05) is 39.9 Å². The van der Waals surface area contributed by atoms with E-state index in [4.69, 9.17) is 14.0 Å². The first-order chi connectivity index (χ1) is 15.6. The summed E-state index contributed by atoms with van der Waals surface area (Å²) in [6, 6.07) is 13.2. The van der Waals surface area contributed by atoms with Crippen molar-refractivity contribution in [3.8, 4) is 22.9 Å². The molecule has 1 amide bonds. The monoisotopic (exact) mass is 436 g/mol. The van der Waals surface area contributed by atoms with Crippen LogP contribution in [0.4, 0.5) is 0 Å². The van der Waals surface area contributed by atoms with Gasteiger partial charge in [-0.3, -0.25) is 9.69 Å². The summed E-state index contributed by atoms with van der Waals surface area (Å²) in [5.74, 6) is 2.78. The molecule has 0 radical (unpaired) electrons. The van der Waals surface area contributed by atoms with Gasteiger partial charge in [0.1, 0.15) is 11.5 Å². The molecular weight excluding hydrogens is 408 g/mol. The second kappa shape index (κ2) is 9.82. The molecule has 1 saturated heterocycles. The number of benzene rings is 2. The van der Waals surface area contributed by atoms with Crippen molar-refractivity contribution in [2.24, 2.45) is 0 Å². The van der Waals surface area contributed by atoms with Crippen molar-refractivity contribution < 1.29 is 18.8 Å².